The lowest BCUT2D eigenvalue weighted by atomic mass is 10.1. The zero-order valence-corrected chi connectivity index (χ0v) is 10.3. The standard InChI is InChI=1S/C13H10N2O4/c1-18-12(16)6-5-10-9-4-3-8(13(17)19-2)7-11(9)15-14-10/h3-4,7H,1-2H3,(H,14,15). The van der Waals surface area contributed by atoms with E-state index >= 15 is 0 Å². The Hall–Kier alpha value is -2.81. The van der Waals surface area contributed by atoms with Gasteiger partial charge in [-0.3, -0.25) is 5.10 Å². The predicted molar refractivity (Wildman–Crippen MR) is 66.3 cm³/mol. The maximum absolute atomic E-state index is 11.4. The van der Waals surface area contributed by atoms with Crippen LogP contribution in [-0.4, -0.2) is 36.4 Å². The second-order valence-electron chi connectivity index (χ2n) is 3.56. The van der Waals surface area contributed by atoms with Crippen LogP contribution in [-0.2, 0) is 14.3 Å². The van der Waals surface area contributed by atoms with Crippen LogP contribution in [0.3, 0.4) is 0 Å². The fraction of sp³-hybridized carbons (Fsp3) is 0.154. The average Bonchev–Trinajstić information content (AvgIpc) is 2.86. The van der Waals surface area contributed by atoms with Gasteiger partial charge in [0, 0.05) is 11.3 Å². The number of methoxy groups -OCH3 is 2. The van der Waals surface area contributed by atoms with Crippen molar-refractivity contribution >= 4 is 22.8 Å². The first kappa shape index (κ1) is 12.6. The maximum atomic E-state index is 11.4. The molecule has 0 fully saturated rings. The van der Waals surface area contributed by atoms with Gasteiger partial charge in [0.1, 0.15) is 5.69 Å². The predicted octanol–water partition coefficient (Wildman–Crippen LogP) is 0.874. The third kappa shape index (κ3) is 2.55. The van der Waals surface area contributed by atoms with E-state index in [0.29, 0.717) is 22.2 Å². The maximum Gasteiger partial charge on any atom is 0.384 e. The van der Waals surface area contributed by atoms with Crippen molar-refractivity contribution in [3.8, 4) is 11.8 Å². The van der Waals surface area contributed by atoms with Gasteiger partial charge in [0.15, 0.2) is 0 Å². The second kappa shape index (κ2) is 5.23. The van der Waals surface area contributed by atoms with E-state index < -0.39 is 11.9 Å². The van der Waals surface area contributed by atoms with E-state index in [1.807, 2.05) is 0 Å². The van der Waals surface area contributed by atoms with Crippen LogP contribution in [0.15, 0.2) is 18.2 Å². The number of ether oxygens (including phenoxy) is 2. The van der Waals surface area contributed by atoms with Gasteiger partial charge in [0.2, 0.25) is 0 Å². The minimum atomic E-state index is -0.631. The van der Waals surface area contributed by atoms with Crippen molar-refractivity contribution in [2.45, 2.75) is 0 Å². The first-order valence-electron chi connectivity index (χ1n) is 5.32. The van der Waals surface area contributed by atoms with Crippen molar-refractivity contribution in [3.63, 3.8) is 0 Å². The van der Waals surface area contributed by atoms with Crippen LogP contribution >= 0.6 is 0 Å². The summed E-state index contributed by atoms with van der Waals surface area (Å²) >= 11 is 0. The Morgan fingerprint density at radius 2 is 2.05 bits per heavy atom. The van der Waals surface area contributed by atoms with Gasteiger partial charge < -0.3 is 9.47 Å². The van der Waals surface area contributed by atoms with Crippen molar-refractivity contribution in [1.82, 2.24) is 10.2 Å². The van der Waals surface area contributed by atoms with E-state index in [9.17, 15) is 9.59 Å². The van der Waals surface area contributed by atoms with Gasteiger partial charge in [-0.25, -0.2) is 9.59 Å². The molecule has 96 valence electrons. The van der Waals surface area contributed by atoms with Gasteiger partial charge in [-0.1, -0.05) is 0 Å². The van der Waals surface area contributed by atoms with Crippen LogP contribution in [0.5, 0.6) is 0 Å². The van der Waals surface area contributed by atoms with E-state index in [0.717, 1.165) is 0 Å². The van der Waals surface area contributed by atoms with Gasteiger partial charge in [0.25, 0.3) is 0 Å². The number of esters is 2. The Labute approximate surface area is 108 Å². The number of fused-ring (bicyclic) bond motifs is 1. The lowest BCUT2D eigenvalue weighted by Gasteiger charge is -1.97. The number of H-pyrrole nitrogens is 1. The number of nitrogens with one attached hydrogen (secondary N) is 1. The first-order valence-corrected chi connectivity index (χ1v) is 5.32. The smallest absolute Gasteiger partial charge is 0.384 e. The molecule has 2 aromatic rings. The Morgan fingerprint density at radius 1 is 1.26 bits per heavy atom. The quantitative estimate of drug-likeness (QED) is 0.606. The number of hydrogen-bond acceptors (Lipinski definition) is 5. The highest BCUT2D eigenvalue weighted by atomic mass is 16.5. The Kier molecular flexibility index (Phi) is 3.48. The Balaban J connectivity index is 2.41. The number of aromatic amines is 1. The molecule has 6 nitrogen and oxygen atoms in total. The van der Waals surface area contributed by atoms with E-state index in [4.69, 9.17) is 0 Å². The van der Waals surface area contributed by atoms with Crippen LogP contribution in [0.1, 0.15) is 16.1 Å². The lowest BCUT2D eigenvalue weighted by molar-refractivity contribution is -0.133. The molecule has 0 bridgehead atoms. The molecule has 1 aromatic heterocycles. The summed E-state index contributed by atoms with van der Waals surface area (Å²) in [5, 5.41) is 7.42. The summed E-state index contributed by atoms with van der Waals surface area (Å²) in [7, 11) is 2.56. The molecule has 1 heterocycles. The first-order chi connectivity index (χ1) is 9.15. The number of benzene rings is 1. The Morgan fingerprint density at radius 3 is 2.74 bits per heavy atom. The number of rotatable bonds is 1. The molecule has 0 aliphatic rings. The molecule has 0 unspecified atom stereocenters. The van der Waals surface area contributed by atoms with Crippen molar-refractivity contribution in [2.24, 2.45) is 0 Å². The highest BCUT2D eigenvalue weighted by Crippen LogP contribution is 2.17. The zero-order valence-electron chi connectivity index (χ0n) is 10.3. The number of aromatic nitrogens is 2. The molecule has 0 aliphatic carbocycles. The second-order valence-corrected chi connectivity index (χ2v) is 3.56. The number of carbonyl (C=O) groups excluding carboxylic acids is 2. The van der Waals surface area contributed by atoms with E-state index in [2.05, 4.69) is 31.5 Å². The van der Waals surface area contributed by atoms with Crippen molar-refractivity contribution in [1.29, 1.82) is 0 Å². The van der Waals surface area contributed by atoms with Crippen molar-refractivity contribution in [3.05, 3.63) is 29.5 Å². The molecule has 2 rings (SSSR count). The van der Waals surface area contributed by atoms with Gasteiger partial charge in [-0.15, -0.1) is 0 Å². The third-order valence-corrected chi connectivity index (χ3v) is 2.45. The molecule has 0 radical (unpaired) electrons. The average molecular weight is 258 g/mol. The molecule has 0 amide bonds. The minimum absolute atomic E-state index is 0.397. The van der Waals surface area contributed by atoms with Crippen molar-refractivity contribution < 1.29 is 19.1 Å². The number of nitrogens with zero attached hydrogens (tertiary/aromatic N) is 1. The molecule has 1 N–H and O–H groups in total. The molecule has 19 heavy (non-hydrogen) atoms. The third-order valence-electron chi connectivity index (χ3n) is 2.45. The molecule has 0 saturated carbocycles. The van der Waals surface area contributed by atoms with Gasteiger partial charge in [-0.05, 0) is 24.1 Å². The summed E-state index contributed by atoms with van der Waals surface area (Å²) in [6, 6.07) is 4.88. The highest BCUT2D eigenvalue weighted by Gasteiger charge is 2.09. The summed E-state index contributed by atoms with van der Waals surface area (Å²) in [6.07, 6.45) is 0. The highest BCUT2D eigenvalue weighted by molar-refractivity contribution is 5.96. The summed E-state index contributed by atoms with van der Waals surface area (Å²) in [4.78, 5) is 22.3. The largest absolute Gasteiger partial charge is 0.465 e. The summed E-state index contributed by atoms with van der Waals surface area (Å²) in [5.41, 5.74) is 1.45. The molecule has 1 aromatic carbocycles. The van der Waals surface area contributed by atoms with E-state index in [-0.39, 0.29) is 0 Å². The summed E-state index contributed by atoms with van der Waals surface area (Å²) < 4.78 is 9.04. The SMILES string of the molecule is COC(=O)C#Cc1[nH]nc2cc(C(=O)OC)ccc12. The molecular weight excluding hydrogens is 248 g/mol. The van der Waals surface area contributed by atoms with Gasteiger partial charge >= 0.3 is 11.9 Å². The number of carbonyl (C=O) groups is 2. The molecule has 0 saturated heterocycles. The topological polar surface area (TPSA) is 81.3 Å². The normalized spacial score (nSPS) is 9.58. The summed E-state index contributed by atoms with van der Waals surface area (Å²) in [5.74, 6) is 3.86. The number of hydrogen-bond donors (Lipinski definition) is 1. The fourth-order valence-corrected chi connectivity index (χ4v) is 1.52. The van der Waals surface area contributed by atoms with Gasteiger partial charge in [0.05, 0.1) is 25.3 Å². The van der Waals surface area contributed by atoms with E-state index in [1.165, 1.54) is 14.2 Å². The molecule has 0 spiro atoms. The monoisotopic (exact) mass is 258 g/mol. The summed E-state index contributed by atoms with van der Waals surface area (Å²) in [6.45, 7) is 0. The van der Waals surface area contributed by atoms with Gasteiger partial charge in [-0.2, -0.15) is 5.10 Å². The molecule has 0 atom stereocenters. The molecule has 6 heteroatoms. The Bertz CT molecular complexity index is 706. The zero-order chi connectivity index (χ0) is 13.8. The van der Waals surface area contributed by atoms with Crippen LogP contribution in [0.4, 0.5) is 0 Å². The van der Waals surface area contributed by atoms with Crippen LogP contribution in [0.25, 0.3) is 10.9 Å². The lowest BCUT2D eigenvalue weighted by Crippen LogP contribution is -2.00. The van der Waals surface area contributed by atoms with Crippen LogP contribution < -0.4 is 0 Å². The molecular formula is C13H10N2O4. The van der Waals surface area contributed by atoms with Crippen LogP contribution in [0, 0.1) is 11.8 Å². The molecule has 0 aliphatic heterocycles. The van der Waals surface area contributed by atoms with Crippen LogP contribution in [0.2, 0.25) is 0 Å². The fourth-order valence-electron chi connectivity index (χ4n) is 1.52. The van der Waals surface area contributed by atoms with Crippen molar-refractivity contribution in [2.75, 3.05) is 14.2 Å². The van der Waals surface area contributed by atoms with E-state index in [1.54, 1.807) is 18.2 Å². The minimum Gasteiger partial charge on any atom is -0.465 e.